The average molecular weight is 347 g/mol. The van der Waals surface area contributed by atoms with Gasteiger partial charge in [0.15, 0.2) is 0 Å². The molecule has 0 radical (unpaired) electrons. The van der Waals surface area contributed by atoms with Crippen LogP contribution in [-0.2, 0) is 0 Å². The van der Waals surface area contributed by atoms with Gasteiger partial charge < -0.3 is 0 Å². The van der Waals surface area contributed by atoms with Gasteiger partial charge in [-0.25, -0.2) is 0 Å². The van der Waals surface area contributed by atoms with E-state index in [4.69, 9.17) is 0 Å². The zero-order chi connectivity index (χ0) is 18.7. The minimum atomic E-state index is 1.17. The Morgan fingerprint density at radius 3 is 1.59 bits per heavy atom. The Labute approximate surface area is 162 Å². The second-order valence-corrected chi connectivity index (χ2v) is 6.09. The van der Waals surface area contributed by atoms with Crippen molar-refractivity contribution in [2.75, 3.05) is 0 Å². The molecule has 27 heavy (non-hydrogen) atoms. The Morgan fingerprint density at radius 1 is 0.667 bits per heavy atom. The summed E-state index contributed by atoms with van der Waals surface area (Å²) in [6, 6.07) is 31.1. The summed E-state index contributed by atoms with van der Waals surface area (Å²) in [7, 11) is 0. The Morgan fingerprint density at radius 2 is 1.19 bits per heavy atom. The van der Waals surface area contributed by atoms with Crippen molar-refractivity contribution in [3.05, 3.63) is 151 Å². The summed E-state index contributed by atoms with van der Waals surface area (Å²) in [4.78, 5) is 0. The molecule has 0 aliphatic heterocycles. The molecule has 0 heterocycles. The molecule has 0 nitrogen and oxygen atoms in total. The normalized spacial score (nSPS) is 11.8. The largest absolute Gasteiger partial charge is 0.105 e. The van der Waals surface area contributed by atoms with E-state index in [1.165, 1.54) is 27.8 Å². The molecular weight excluding hydrogens is 324 g/mol. The highest BCUT2D eigenvalue weighted by Gasteiger charge is 2.16. The Hall–Kier alpha value is -3.51. The first-order valence-corrected chi connectivity index (χ1v) is 9.09. The van der Waals surface area contributed by atoms with E-state index in [0.29, 0.717) is 0 Å². The third-order valence-electron chi connectivity index (χ3n) is 4.22. The van der Waals surface area contributed by atoms with Crippen LogP contribution in [0.25, 0.3) is 11.6 Å². The minimum Gasteiger partial charge on any atom is -0.0985 e. The van der Waals surface area contributed by atoms with Crippen LogP contribution in [0.1, 0.15) is 16.7 Å². The SMILES string of the molecule is C1=C[CH+]C(=C(c2ccccc2)c2ccccc2)C=C1.C=Cc1ccccc1. The van der Waals surface area contributed by atoms with Gasteiger partial charge in [0.1, 0.15) is 5.57 Å². The van der Waals surface area contributed by atoms with Crippen molar-refractivity contribution in [3.8, 4) is 0 Å². The number of hydrogen-bond acceptors (Lipinski definition) is 0. The van der Waals surface area contributed by atoms with Gasteiger partial charge in [0.25, 0.3) is 0 Å². The van der Waals surface area contributed by atoms with E-state index >= 15 is 0 Å². The zero-order valence-electron chi connectivity index (χ0n) is 15.3. The first-order chi connectivity index (χ1) is 13.4. The van der Waals surface area contributed by atoms with Crippen molar-refractivity contribution < 1.29 is 0 Å². The fourth-order valence-corrected chi connectivity index (χ4v) is 2.90. The third-order valence-corrected chi connectivity index (χ3v) is 4.22. The topological polar surface area (TPSA) is 0 Å². The number of hydrogen-bond donors (Lipinski definition) is 0. The monoisotopic (exact) mass is 347 g/mol. The van der Waals surface area contributed by atoms with Gasteiger partial charge in [-0.1, -0.05) is 79.4 Å². The molecule has 3 aromatic carbocycles. The summed E-state index contributed by atoms with van der Waals surface area (Å²) in [5.74, 6) is 0. The van der Waals surface area contributed by atoms with E-state index in [-0.39, 0.29) is 0 Å². The van der Waals surface area contributed by atoms with Gasteiger partial charge in [-0.15, -0.1) is 0 Å². The molecule has 0 atom stereocenters. The summed E-state index contributed by atoms with van der Waals surface area (Å²) < 4.78 is 0. The standard InChI is InChI=1S/C19H15.C8H8/c1-4-10-16(11-5-1)19(17-12-6-2-7-13-17)18-14-8-3-9-15-18;1-2-8-6-4-3-5-7-8/h1-15H;2-7H,1H2/q+1;. The fourth-order valence-electron chi connectivity index (χ4n) is 2.90. The molecule has 1 aliphatic rings. The zero-order valence-corrected chi connectivity index (χ0v) is 15.3. The van der Waals surface area contributed by atoms with Crippen molar-refractivity contribution in [1.82, 2.24) is 0 Å². The van der Waals surface area contributed by atoms with Crippen molar-refractivity contribution >= 4 is 11.6 Å². The van der Waals surface area contributed by atoms with E-state index < -0.39 is 0 Å². The number of rotatable bonds is 3. The van der Waals surface area contributed by atoms with E-state index in [9.17, 15) is 0 Å². The minimum absolute atomic E-state index is 1.17. The van der Waals surface area contributed by atoms with E-state index in [2.05, 4.69) is 98.0 Å². The molecule has 3 aromatic rings. The smallest absolute Gasteiger partial charge is 0.0985 e. The molecule has 0 unspecified atom stereocenters. The molecule has 0 saturated heterocycles. The summed E-state index contributed by atoms with van der Waals surface area (Å²) in [5, 5.41) is 0. The second kappa shape index (κ2) is 9.84. The molecular formula is C27H23+. The molecule has 0 amide bonds. The average Bonchev–Trinajstić information content (AvgIpc) is 2.77. The van der Waals surface area contributed by atoms with Crippen LogP contribution in [0.15, 0.2) is 127 Å². The Bertz CT molecular complexity index is 886. The molecule has 0 spiro atoms. The van der Waals surface area contributed by atoms with Crippen LogP contribution in [-0.4, -0.2) is 0 Å². The summed E-state index contributed by atoms with van der Waals surface area (Å²) in [6.45, 7) is 3.63. The van der Waals surface area contributed by atoms with Crippen molar-refractivity contribution in [3.63, 3.8) is 0 Å². The highest BCUT2D eigenvalue weighted by molar-refractivity contribution is 5.85. The molecule has 0 aromatic heterocycles. The van der Waals surface area contributed by atoms with Crippen LogP contribution >= 0.6 is 0 Å². The predicted octanol–water partition coefficient (Wildman–Crippen LogP) is 7.15. The van der Waals surface area contributed by atoms with Gasteiger partial charge in [0.05, 0.1) is 5.57 Å². The lowest BCUT2D eigenvalue weighted by molar-refractivity contribution is 1.46. The predicted molar refractivity (Wildman–Crippen MR) is 118 cm³/mol. The summed E-state index contributed by atoms with van der Waals surface area (Å²) >= 11 is 0. The first kappa shape index (κ1) is 18.3. The quantitative estimate of drug-likeness (QED) is 0.441. The van der Waals surface area contributed by atoms with Crippen LogP contribution in [0.4, 0.5) is 0 Å². The summed E-state index contributed by atoms with van der Waals surface area (Å²) in [6.07, 6.45) is 12.4. The first-order valence-electron chi connectivity index (χ1n) is 9.09. The van der Waals surface area contributed by atoms with Gasteiger partial charge >= 0.3 is 0 Å². The lowest BCUT2D eigenvalue weighted by Gasteiger charge is -2.08. The Kier molecular flexibility index (Phi) is 6.66. The maximum absolute atomic E-state index is 3.63. The van der Waals surface area contributed by atoms with Gasteiger partial charge in [0.2, 0.25) is 0 Å². The third kappa shape index (κ3) is 5.23. The molecule has 0 N–H and O–H groups in total. The molecule has 130 valence electrons. The molecule has 1 aliphatic carbocycles. The fraction of sp³-hybridized carbons (Fsp3) is 0. The lowest BCUT2D eigenvalue weighted by Crippen LogP contribution is -1.94. The van der Waals surface area contributed by atoms with Crippen LogP contribution < -0.4 is 0 Å². The van der Waals surface area contributed by atoms with Crippen molar-refractivity contribution in [1.29, 1.82) is 0 Å². The molecule has 0 fully saturated rings. The molecule has 0 bridgehead atoms. The van der Waals surface area contributed by atoms with E-state index in [0.717, 1.165) is 0 Å². The van der Waals surface area contributed by atoms with Gasteiger partial charge in [-0.2, -0.15) is 0 Å². The summed E-state index contributed by atoms with van der Waals surface area (Å²) in [5.41, 5.74) is 6.20. The highest BCUT2D eigenvalue weighted by atomic mass is 14.1. The van der Waals surface area contributed by atoms with E-state index in [1.54, 1.807) is 0 Å². The van der Waals surface area contributed by atoms with Gasteiger partial charge in [0, 0.05) is 41.9 Å². The maximum atomic E-state index is 3.63. The molecule has 0 heteroatoms. The maximum Gasteiger partial charge on any atom is 0.105 e. The van der Waals surface area contributed by atoms with Crippen LogP contribution in [0.3, 0.4) is 0 Å². The van der Waals surface area contributed by atoms with Crippen molar-refractivity contribution in [2.45, 2.75) is 0 Å². The molecule has 0 saturated carbocycles. The second-order valence-electron chi connectivity index (χ2n) is 6.09. The van der Waals surface area contributed by atoms with Gasteiger partial charge in [-0.3, -0.25) is 0 Å². The van der Waals surface area contributed by atoms with Crippen molar-refractivity contribution in [2.24, 2.45) is 0 Å². The highest BCUT2D eigenvalue weighted by Crippen LogP contribution is 2.29. The van der Waals surface area contributed by atoms with Gasteiger partial charge in [-0.05, 0) is 29.8 Å². The number of allylic oxidation sites excluding steroid dienone is 5. The number of benzene rings is 3. The van der Waals surface area contributed by atoms with Crippen LogP contribution in [0.5, 0.6) is 0 Å². The Balaban J connectivity index is 0.000000221. The molecule has 4 rings (SSSR count). The van der Waals surface area contributed by atoms with E-state index in [1.807, 2.05) is 36.4 Å². The van der Waals surface area contributed by atoms with Crippen LogP contribution in [0, 0.1) is 6.42 Å². The van der Waals surface area contributed by atoms with Crippen LogP contribution in [0.2, 0.25) is 0 Å². The lowest BCUT2D eigenvalue weighted by atomic mass is 9.90.